The van der Waals surface area contributed by atoms with E-state index in [1.54, 1.807) is 12.1 Å². The molecule has 0 spiro atoms. The first-order valence-electron chi connectivity index (χ1n) is 6.77. The number of carbonyl (C=O) groups excluding carboxylic acids is 1. The van der Waals surface area contributed by atoms with E-state index in [9.17, 15) is 9.90 Å². The smallest absolute Gasteiger partial charge is 0.305 e. The molecule has 0 amide bonds. The fraction of sp³-hybridized carbons (Fsp3) is 0.235. The van der Waals surface area contributed by atoms with Crippen LogP contribution in [0.5, 0.6) is 11.5 Å². The molecule has 0 radical (unpaired) electrons. The summed E-state index contributed by atoms with van der Waals surface area (Å²) in [5.74, 6) is 1.06. The summed E-state index contributed by atoms with van der Waals surface area (Å²) in [6.45, 7) is 0. The van der Waals surface area contributed by atoms with E-state index in [2.05, 4.69) is 4.74 Å². The maximum absolute atomic E-state index is 11.1. The van der Waals surface area contributed by atoms with Crippen molar-refractivity contribution in [3.05, 3.63) is 60.2 Å². The number of ether oxygens (including phenoxy) is 2. The van der Waals surface area contributed by atoms with Crippen LogP contribution in [0.2, 0.25) is 0 Å². The van der Waals surface area contributed by atoms with Gasteiger partial charge in [0, 0.05) is 6.42 Å². The molecule has 21 heavy (non-hydrogen) atoms. The van der Waals surface area contributed by atoms with Gasteiger partial charge in [-0.2, -0.15) is 0 Å². The van der Waals surface area contributed by atoms with Gasteiger partial charge in [-0.15, -0.1) is 0 Å². The lowest BCUT2D eigenvalue weighted by molar-refractivity contribution is -0.141. The molecule has 0 aliphatic carbocycles. The second-order valence-corrected chi connectivity index (χ2v) is 4.62. The third kappa shape index (κ3) is 4.61. The number of carbonyl (C=O) groups is 1. The van der Waals surface area contributed by atoms with Crippen molar-refractivity contribution in [2.24, 2.45) is 0 Å². The zero-order valence-electron chi connectivity index (χ0n) is 11.9. The summed E-state index contributed by atoms with van der Waals surface area (Å²) in [5, 5.41) is 10.1. The van der Waals surface area contributed by atoms with Crippen LogP contribution in [0.15, 0.2) is 54.6 Å². The van der Waals surface area contributed by atoms with E-state index in [0.717, 1.165) is 5.75 Å². The maximum Gasteiger partial charge on any atom is 0.305 e. The highest BCUT2D eigenvalue weighted by Gasteiger charge is 2.11. The number of esters is 1. The Balaban J connectivity index is 2.01. The van der Waals surface area contributed by atoms with Crippen molar-refractivity contribution in [2.45, 2.75) is 18.9 Å². The van der Waals surface area contributed by atoms with Crippen LogP contribution in [0, 0.1) is 0 Å². The lowest BCUT2D eigenvalue weighted by atomic mass is 10.0. The number of benzene rings is 2. The molecule has 0 aliphatic heterocycles. The minimum atomic E-state index is -0.719. The van der Waals surface area contributed by atoms with E-state index in [4.69, 9.17) is 4.74 Å². The summed E-state index contributed by atoms with van der Waals surface area (Å²) >= 11 is 0. The van der Waals surface area contributed by atoms with Crippen molar-refractivity contribution in [2.75, 3.05) is 7.11 Å². The Bertz CT molecular complexity index is 580. The number of aliphatic hydroxyl groups is 1. The van der Waals surface area contributed by atoms with Gasteiger partial charge in [0.15, 0.2) is 0 Å². The van der Waals surface area contributed by atoms with E-state index in [1.807, 2.05) is 42.5 Å². The van der Waals surface area contributed by atoms with Gasteiger partial charge in [-0.3, -0.25) is 4.79 Å². The summed E-state index contributed by atoms with van der Waals surface area (Å²) in [5.41, 5.74) is 0.715. The van der Waals surface area contributed by atoms with Gasteiger partial charge in [0.05, 0.1) is 13.2 Å². The second-order valence-electron chi connectivity index (χ2n) is 4.62. The maximum atomic E-state index is 11.1. The van der Waals surface area contributed by atoms with E-state index in [1.165, 1.54) is 7.11 Å². The normalized spacial score (nSPS) is 11.7. The standard InChI is InChI=1S/C17H18O4/c1-20-17(19)11-10-16(18)13-6-5-9-15(12-13)21-14-7-3-2-4-8-14/h2-9,12,16,18H,10-11H2,1H3. The molecule has 0 aliphatic rings. The summed E-state index contributed by atoms with van der Waals surface area (Å²) in [6, 6.07) is 16.6. The molecule has 0 heterocycles. The highest BCUT2D eigenvalue weighted by Crippen LogP contribution is 2.26. The van der Waals surface area contributed by atoms with Crippen molar-refractivity contribution in [1.82, 2.24) is 0 Å². The van der Waals surface area contributed by atoms with Crippen LogP contribution in [0.4, 0.5) is 0 Å². The van der Waals surface area contributed by atoms with Gasteiger partial charge < -0.3 is 14.6 Å². The lowest BCUT2D eigenvalue weighted by Gasteiger charge is -2.12. The predicted molar refractivity (Wildman–Crippen MR) is 79.2 cm³/mol. The molecule has 0 fully saturated rings. The minimum absolute atomic E-state index is 0.182. The number of rotatable bonds is 6. The third-order valence-corrected chi connectivity index (χ3v) is 3.07. The summed E-state index contributed by atoms with van der Waals surface area (Å²) in [7, 11) is 1.34. The van der Waals surface area contributed by atoms with Crippen LogP contribution in [0.1, 0.15) is 24.5 Å². The van der Waals surface area contributed by atoms with E-state index in [-0.39, 0.29) is 12.4 Å². The van der Waals surface area contributed by atoms with Gasteiger partial charge in [0.25, 0.3) is 0 Å². The molecular formula is C17H18O4. The molecule has 2 aromatic carbocycles. The van der Waals surface area contributed by atoms with Crippen LogP contribution < -0.4 is 4.74 Å². The van der Waals surface area contributed by atoms with Crippen molar-refractivity contribution in [3.63, 3.8) is 0 Å². The molecule has 0 bridgehead atoms. The highest BCUT2D eigenvalue weighted by molar-refractivity contribution is 5.69. The van der Waals surface area contributed by atoms with Crippen LogP contribution >= 0.6 is 0 Å². The lowest BCUT2D eigenvalue weighted by Crippen LogP contribution is -2.05. The largest absolute Gasteiger partial charge is 0.469 e. The van der Waals surface area contributed by atoms with Gasteiger partial charge in [-0.25, -0.2) is 0 Å². The number of hydrogen-bond donors (Lipinski definition) is 1. The van der Waals surface area contributed by atoms with Crippen LogP contribution in [0.3, 0.4) is 0 Å². The Hall–Kier alpha value is -2.33. The first-order chi connectivity index (χ1) is 10.2. The summed E-state index contributed by atoms with van der Waals surface area (Å²) < 4.78 is 10.3. The van der Waals surface area contributed by atoms with Gasteiger partial charge in [-0.1, -0.05) is 30.3 Å². The molecule has 1 atom stereocenters. The zero-order valence-corrected chi connectivity index (χ0v) is 11.9. The fourth-order valence-electron chi connectivity index (χ4n) is 1.93. The Morgan fingerprint density at radius 2 is 1.81 bits per heavy atom. The SMILES string of the molecule is COC(=O)CCC(O)c1cccc(Oc2ccccc2)c1. The number of aliphatic hydroxyl groups excluding tert-OH is 1. The van der Waals surface area contributed by atoms with E-state index in [0.29, 0.717) is 17.7 Å². The first kappa shape index (κ1) is 15.1. The fourth-order valence-corrected chi connectivity index (χ4v) is 1.93. The molecule has 2 aromatic rings. The predicted octanol–water partition coefficient (Wildman–Crippen LogP) is 3.47. The van der Waals surface area contributed by atoms with Crippen molar-refractivity contribution >= 4 is 5.97 Å². The van der Waals surface area contributed by atoms with Gasteiger partial charge in [-0.05, 0) is 36.2 Å². The molecule has 0 saturated carbocycles. The molecular weight excluding hydrogens is 268 g/mol. The molecule has 1 N–H and O–H groups in total. The number of methoxy groups -OCH3 is 1. The summed E-state index contributed by atoms with van der Waals surface area (Å²) in [4.78, 5) is 11.1. The monoisotopic (exact) mass is 286 g/mol. The van der Waals surface area contributed by atoms with Crippen molar-refractivity contribution in [3.8, 4) is 11.5 Å². The molecule has 2 rings (SSSR count). The van der Waals surface area contributed by atoms with Crippen LogP contribution in [-0.4, -0.2) is 18.2 Å². The van der Waals surface area contributed by atoms with Crippen LogP contribution in [-0.2, 0) is 9.53 Å². The number of para-hydroxylation sites is 1. The van der Waals surface area contributed by atoms with Crippen molar-refractivity contribution in [1.29, 1.82) is 0 Å². The zero-order chi connectivity index (χ0) is 15.1. The molecule has 4 heteroatoms. The minimum Gasteiger partial charge on any atom is -0.469 e. The third-order valence-electron chi connectivity index (χ3n) is 3.07. The Labute approximate surface area is 123 Å². The Kier molecular flexibility index (Phi) is 5.35. The van der Waals surface area contributed by atoms with Gasteiger partial charge >= 0.3 is 5.97 Å². The Morgan fingerprint density at radius 1 is 1.10 bits per heavy atom. The Morgan fingerprint density at radius 3 is 2.52 bits per heavy atom. The van der Waals surface area contributed by atoms with E-state index >= 15 is 0 Å². The first-order valence-corrected chi connectivity index (χ1v) is 6.77. The quantitative estimate of drug-likeness (QED) is 0.826. The van der Waals surface area contributed by atoms with Gasteiger partial charge in [0.1, 0.15) is 11.5 Å². The summed E-state index contributed by atoms with van der Waals surface area (Å²) in [6.07, 6.45) is -0.216. The average molecular weight is 286 g/mol. The topological polar surface area (TPSA) is 55.8 Å². The van der Waals surface area contributed by atoms with Crippen LogP contribution in [0.25, 0.3) is 0 Å². The van der Waals surface area contributed by atoms with E-state index < -0.39 is 6.10 Å². The second kappa shape index (κ2) is 7.45. The molecule has 110 valence electrons. The highest BCUT2D eigenvalue weighted by atomic mass is 16.5. The molecule has 0 aromatic heterocycles. The van der Waals surface area contributed by atoms with Crippen molar-refractivity contribution < 1.29 is 19.4 Å². The van der Waals surface area contributed by atoms with Gasteiger partial charge in [0.2, 0.25) is 0 Å². The molecule has 4 nitrogen and oxygen atoms in total. The molecule has 0 saturated heterocycles. The average Bonchev–Trinajstić information content (AvgIpc) is 2.53. The number of hydrogen-bond acceptors (Lipinski definition) is 4. The molecule has 1 unspecified atom stereocenters.